The van der Waals surface area contributed by atoms with Crippen molar-refractivity contribution in [2.24, 2.45) is 4.99 Å². The standard InChI is InChI=1S/C18H20N2O/c1-12-9-13(2)18(14(3)10-12)20-15(4)11-17(21)16-7-5-6-8-19-16/h5-10H,11H2,1-4H3. The number of nitrogens with zero attached hydrogens (tertiary/aromatic N) is 2. The molecule has 21 heavy (non-hydrogen) atoms. The second-order valence-electron chi connectivity index (χ2n) is 5.41. The number of pyridine rings is 1. The molecule has 3 nitrogen and oxygen atoms in total. The van der Waals surface area contributed by atoms with E-state index in [4.69, 9.17) is 0 Å². The molecule has 3 heteroatoms. The molecule has 0 unspecified atom stereocenters. The molecule has 0 aliphatic carbocycles. The summed E-state index contributed by atoms with van der Waals surface area (Å²) in [6.07, 6.45) is 1.93. The number of aromatic nitrogens is 1. The predicted octanol–water partition coefficient (Wildman–Crippen LogP) is 4.37. The Kier molecular flexibility index (Phi) is 4.63. The van der Waals surface area contributed by atoms with Gasteiger partial charge in [0.2, 0.25) is 0 Å². The van der Waals surface area contributed by atoms with Crippen LogP contribution in [0.3, 0.4) is 0 Å². The van der Waals surface area contributed by atoms with E-state index in [9.17, 15) is 4.79 Å². The average molecular weight is 280 g/mol. The Morgan fingerprint density at radius 2 is 1.81 bits per heavy atom. The highest BCUT2D eigenvalue weighted by atomic mass is 16.1. The Morgan fingerprint density at radius 1 is 1.14 bits per heavy atom. The lowest BCUT2D eigenvalue weighted by Gasteiger charge is -2.08. The molecular formula is C18H20N2O. The minimum absolute atomic E-state index is 0.000678. The molecule has 2 rings (SSSR count). The Morgan fingerprint density at radius 3 is 2.38 bits per heavy atom. The number of aryl methyl sites for hydroxylation is 3. The molecule has 0 fully saturated rings. The lowest BCUT2D eigenvalue weighted by atomic mass is 10.0. The van der Waals surface area contributed by atoms with Gasteiger partial charge in [-0.25, -0.2) is 0 Å². The number of carbonyl (C=O) groups excluding carboxylic acids is 1. The van der Waals surface area contributed by atoms with Crippen LogP contribution in [0.1, 0.15) is 40.5 Å². The second kappa shape index (κ2) is 6.44. The van der Waals surface area contributed by atoms with E-state index in [1.807, 2.05) is 26.8 Å². The smallest absolute Gasteiger partial charge is 0.186 e. The molecule has 0 bridgehead atoms. The first-order valence-corrected chi connectivity index (χ1v) is 7.03. The van der Waals surface area contributed by atoms with E-state index >= 15 is 0 Å². The number of Topliss-reactive ketones (excluding diaryl/α,β-unsaturated/α-hetero) is 1. The maximum Gasteiger partial charge on any atom is 0.186 e. The van der Waals surface area contributed by atoms with Crippen molar-refractivity contribution in [2.75, 3.05) is 0 Å². The summed E-state index contributed by atoms with van der Waals surface area (Å²) in [5, 5.41) is 0. The predicted molar refractivity (Wildman–Crippen MR) is 86.6 cm³/mol. The molecule has 2 aromatic rings. The maximum absolute atomic E-state index is 12.1. The number of benzene rings is 1. The summed E-state index contributed by atoms with van der Waals surface area (Å²) in [4.78, 5) is 20.8. The van der Waals surface area contributed by atoms with E-state index < -0.39 is 0 Å². The summed E-state index contributed by atoms with van der Waals surface area (Å²) in [5.74, 6) is -0.000678. The highest BCUT2D eigenvalue weighted by Crippen LogP contribution is 2.25. The summed E-state index contributed by atoms with van der Waals surface area (Å²) in [7, 11) is 0. The molecule has 0 aliphatic rings. The molecule has 0 atom stereocenters. The largest absolute Gasteiger partial charge is 0.292 e. The zero-order chi connectivity index (χ0) is 15.4. The average Bonchev–Trinajstić information content (AvgIpc) is 2.43. The molecular weight excluding hydrogens is 260 g/mol. The van der Waals surface area contributed by atoms with Gasteiger partial charge in [-0.05, 0) is 51.0 Å². The first-order valence-electron chi connectivity index (χ1n) is 7.03. The topological polar surface area (TPSA) is 42.3 Å². The number of rotatable bonds is 4. The third-order valence-corrected chi connectivity index (χ3v) is 3.31. The van der Waals surface area contributed by atoms with Gasteiger partial charge in [0.1, 0.15) is 5.69 Å². The Balaban J connectivity index is 2.21. The van der Waals surface area contributed by atoms with Gasteiger partial charge in [-0.2, -0.15) is 0 Å². The van der Waals surface area contributed by atoms with E-state index in [0.717, 1.165) is 22.5 Å². The van der Waals surface area contributed by atoms with Gasteiger partial charge in [-0.1, -0.05) is 23.8 Å². The zero-order valence-corrected chi connectivity index (χ0v) is 13.0. The van der Waals surface area contributed by atoms with Crippen molar-refractivity contribution >= 4 is 17.2 Å². The van der Waals surface area contributed by atoms with Crippen LogP contribution in [0.25, 0.3) is 0 Å². The molecule has 1 aromatic carbocycles. The van der Waals surface area contributed by atoms with Gasteiger partial charge in [0.15, 0.2) is 5.78 Å². The van der Waals surface area contributed by atoms with Crippen molar-refractivity contribution in [2.45, 2.75) is 34.1 Å². The van der Waals surface area contributed by atoms with Crippen LogP contribution in [-0.2, 0) is 0 Å². The molecule has 108 valence electrons. The van der Waals surface area contributed by atoms with Crippen molar-refractivity contribution in [3.05, 3.63) is 58.9 Å². The van der Waals surface area contributed by atoms with Crippen LogP contribution in [0.5, 0.6) is 0 Å². The van der Waals surface area contributed by atoms with E-state index in [2.05, 4.69) is 29.0 Å². The fourth-order valence-electron chi connectivity index (χ4n) is 2.43. The fourth-order valence-corrected chi connectivity index (χ4v) is 2.43. The number of hydrogen-bond acceptors (Lipinski definition) is 3. The molecule has 0 spiro atoms. The number of carbonyl (C=O) groups is 1. The van der Waals surface area contributed by atoms with E-state index in [1.165, 1.54) is 5.56 Å². The van der Waals surface area contributed by atoms with Gasteiger partial charge in [0.05, 0.1) is 12.1 Å². The summed E-state index contributed by atoms with van der Waals surface area (Å²) < 4.78 is 0. The normalized spacial score (nSPS) is 11.5. The van der Waals surface area contributed by atoms with Gasteiger partial charge in [-0.15, -0.1) is 0 Å². The van der Waals surface area contributed by atoms with Crippen LogP contribution < -0.4 is 0 Å². The van der Waals surface area contributed by atoms with Crippen molar-refractivity contribution in [3.8, 4) is 0 Å². The van der Waals surface area contributed by atoms with Crippen LogP contribution in [-0.4, -0.2) is 16.5 Å². The van der Waals surface area contributed by atoms with Gasteiger partial charge in [-0.3, -0.25) is 14.8 Å². The number of hydrogen-bond donors (Lipinski definition) is 0. The Hall–Kier alpha value is -2.29. The van der Waals surface area contributed by atoms with Crippen molar-refractivity contribution < 1.29 is 4.79 Å². The number of ketones is 1. The molecule has 0 N–H and O–H groups in total. The van der Waals surface area contributed by atoms with Gasteiger partial charge < -0.3 is 0 Å². The van der Waals surface area contributed by atoms with Crippen molar-refractivity contribution in [1.29, 1.82) is 0 Å². The van der Waals surface area contributed by atoms with Crippen LogP contribution in [0.15, 0.2) is 41.5 Å². The van der Waals surface area contributed by atoms with E-state index in [0.29, 0.717) is 12.1 Å². The molecule has 0 radical (unpaired) electrons. The van der Waals surface area contributed by atoms with Gasteiger partial charge in [0, 0.05) is 11.9 Å². The van der Waals surface area contributed by atoms with Crippen LogP contribution >= 0.6 is 0 Å². The van der Waals surface area contributed by atoms with Gasteiger partial charge >= 0.3 is 0 Å². The Labute approximate surface area is 125 Å². The van der Waals surface area contributed by atoms with Crippen LogP contribution in [0.4, 0.5) is 5.69 Å². The Bertz CT molecular complexity index is 665. The monoisotopic (exact) mass is 280 g/mol. The molecule has 0 saturated heterocycles. The first kappa shape index (κ1) is 15.1. The fraction of sp³-hybridized carbons (Fsp3) is 0.278. The zero-order valence-electron chi connectivity index (χ0n) is 13.0. The van der Waals surface area contributed by atoms with Crippen LogP contribution in [0, 0.1) is 20.8 Å². The number of aliphatic imine (C=N–C) groups is 1. The van der Waals surface area contributed by atoms with Gasteiger partial charge in [0.25, 0.3) is 0 Å². The third kappa shape index (κ3) is 3.85. The van der Waals surface area contributed by atoms with Crippen LogP contribution in [0.2, 0.25) is 0 Å². The minimum Gasteiger partial charge on any atom is -0.292 e. The lowest BCUT2D eigenvalue weighted by molar-refractivity contribution is 0.0996. The quantitative estimate of drug-likeness (QED) is 0.616. The van der Waals surface area contributed by atoms with Crippen molar-refractivity contribution in [1.82, 2.24) is 4.98 Å². The summed E-state index contributed by atoms with van der Waals surface area (Å²) in [6.45, 7) is 8.06. The highest BCUT2D eigenvalue weighted by molar-refractivity contribution is 6.08. The molecule has 0 saturated carbocycles. The summed E-state index contributed by atoms with van der Waals surface area (Å²) in [6, 6.07) is 9.58. The molecule has 0 aliphatic heterocycles. The van der Waals surface area contributed by atoms with E-state index in [-0.39, 0.29) is 5.78 Å². The van der Waals surface area contributed by atoms with E-state index in [1.54, 1.807) is 18.3 Å². The SMILES string of the molecule is CC(CC(=O)c1ccccn1)=Nc1c(C)cc(C)cc1C. The van der Waals surface area contributed by atoms with Crippen molar-refractivity contribution in [3.63, 3.8) is 0 Å². The summed E-state index contributed by atoms with van der Waals surface area (Å²) >= 11 is 0. The first-order chi connectivity index (χ1) is 9.97. The molecule has 1 heterocycles. The lowest BCUT2D eigenvalue weighted by Crippen LogP contribution is -2.07. The summed E-state index contributed by atoms with van der Waals surface area (Å²) in [5.41, 5.74) is 5.76. The maximum atomic E-state index is 12.1. The highest BCUT2D eigenvalue weighted by Gasteiger charge is 2.09. The third-order valence-electron chi connectivity index (χ3n) is 3.31. The minimum atomic E-state index is -0.000678. The second-order valence-corrected chi connectivity index (χ2v) is 5.41. The molecule has 0 amide bonds. The molecule has 1 aromatic heterocycles.